The summed E-state index contributed by atoms with van der Waals surface area (Å²) in [4.78, 5) is 11.9. The summed E-state index contributed by atoms with van der Waals surface area (Å²) in [7, 11) is 0. The molecule has 0 aliphatic heterocycles. The SMILES string of the molecule is Cc1cccc(NC(=S)NC(=O)c2cccc(F)c2)c1C. The number of anilines is 1. The maximum atomic E-state index is 13.1. The van der Waals surface area contributed by atoms with E-state index in [0.717, 1.165) is 22.9 Å². The van der Waals surface area contributed by atoms with Crippen LogP contribution in [0.25, 0.3) is 0 Å². The molecule has 0 atom stereocenters. The Morgan fingerprint density at radius 1 is 1.14 bits per heavy atom. The molecule has 1 amide bonds. The molecule has 0 radical (unpaired) electrons. The van der Waals surface area contributed by atoms with E-state index in [9.17, 15) is 9.18 Å². The van der Waals surface area contributed by atoms with Gasteiger partial charge in [0.15, 0.2) is 5.11 Å². The van der Waals surface area contributed by atoms with Crippen molar-refractivity contribution in [1.82, 2.24) is 5.32 Å². The molecule has 108 valence electrons. The highest BCUT2D eigenvalue weighted by Crippen LogP contribution is 2.17. The van der Waals surface area contributed by atoms with E-state index >= 15 is 0 Å². The lowest BCUT2D eigenvalue weighted by molar-refractivity contribution is 0.0977. The van der Waals surface area contributed by atoms with Gasteiger partial charge >= 0.3 is 0 Å². The fraction of sp³-hybridized carbons (Fsp3) is 0.125. The molecule has 0 saturated carbocycles. The molecule has 21 heavy (non-hydrogen) atoms. The molecule has 0 aromatic heterocycles. The molecule has 0 heterocycles. The van der Waals surface area contributed by atoms with Gasteiger partial charge in [-0.05, 0) is 61.5 Å². The lowest BCUT2D eigenvalue weighted by Crippen LogP contribution is -2.34. The molecule has 5 heteroatoms. The van der Waals surface area contributed by atoms with Crippen LogP contribution < -0.4 is 10.6 Å². The summed E-state index contributed by atoms with van der Waals surface area (Å²) in [5.41, 5.74) is 3.23. The number of thiocarbonyl (C=S) groups is 1. The van der Waals surface area contributed by atoms with E-state index in [-0.39, 0.29) is 10.7 Å². The van der Waals surface area contributed by atoms with Crippen molar-refractivity contribution in [3.63, 3.8) is 0 Å². The smallest absolute Gasteiger partial charge is 0.257 e. The number of amides is 1. The number of carbonyl (C=O) groups excluding carboxylic acids is 1. The summed E-state index contributed by atoms with van der Waals surface area (Å²) in [6.07, 6.45) is 0. The van der Waals surface area contributed by atoms with Gasteiger partial charge in [-0.1, -0.05) is 18.2 Å². The van der Waals surface area contributed by atoms with Gasteiger partial charge in [-0.15, -0.1) is 0 Å². The fourth-order valence-corrected chi connectivity index (χ4v) is 2.05. The molecule has 3 nitrogen and oxygen atoms in total. The second-order valence-corrected chi connectivity index (χ2v) is 5.07. The summed E-state index contributed by atoms with van der Waals surface area (Å²) >= 11 is 5.11. The minimum atomic E-state index is -0.462. The lowest BCUT2D eigenvalue weighted by Gasteiger charge is -2.13. The van der Waals surface area contributed by atoms with Gasteiger partial charge in [0.25, 0.3) is 5.91 Å². The van der Waals surface area contributed by atoms with Crippen LogP contribution in [-0.2, 0) is 0 Å². The monoisotopic (exact) mass is 302 g/mol. The molecule has 2 N–H and O–H groups in total. The zero-order valence-electron chi connectivity index (χ0n) is 11.7. The van der Waals surface area contributed by atoms with Crippen LogP contribution in [-0.4, -0.2) is 11.0 Å². The van der Waals surface area contributed by atoms with Crippen LogP contribution in [0.15, 0.2) is 42.5 Å². The summed E-state index contributed by atoms with van der Waals surface area (Å²) < 4.78 is 13.1. The number of benzene rings is 2. The highest BCUT2D eigenvalue weighted by molar-refractivity contribution is 7.80. The Morgan fingerprint density at radius 3 is 2.57 bits per heavy atom. The van der Waals surface area contributed by atoms with Gasteiger partial charge in [0, 0.05) is 11.3 Å². The summed E-state index contributed by atoms with van der Waals surface area (Å²) in [6.45, 7) is 3.96. The quantitative estimate of drug-likeness (QED) is 0.833. The number of nitrogens with one attached hydrogen (secondary N) is 2. The molecule has 0 aliphatic rings. The van der Waals surface area contributed by atoms with Gasteiger partial charge in [0.1, 0.15) is 5.82 Å². The van der Waals surface area contributed by atoms with Crippen LogP contribution in [0.2, 0.25) is 0 Å². The van der Waals surface area contributed by atoms with Gasteiger partial charge in [0.2, 0.25) is 0 Å². The normalized spacial score (nSPS) is 10.0. The van der Waals surface area contributed by atoms with Crippen LogP contribution in [0.4, 0.5) is 10.1 Å². The van der Waals surface area contributed by atoms with E-state index in [2.05, 4.69) is 10.6 Å². The molecule has 2 aromatic carbocycles. The third-order valence-electron chi connectivity index (χ3n) is 3.17. The Kier molecular flexibility index (Phi) is 4.65. The average Bonchev–Trinajstić information content (AvgIpc) is 2.44. The summed E-state index contributed by atoms with van der Waals surface area (Å²) in [5.74, 6) is -0.909. The van der Waals surface area contributed by atoms with Crippen LogP contribution >= 0.6 is 12.2 Å². The van der Waals surface area contributed by atoms with Crippen LogP contribution in [0, 0.1) is 19.7 Å². The van der Waals surface area contributed by atoms with E-state index in [0.29, 0.717) is 0 Å². The summed E-state index contributed by atoms with van der Waals surface area (Å²) in [6, 6.07) is 11.2. The zero-order valence-corrected chi connectivity index (χ0v) is 12.6. The molecule has 0 unspecified atom stereocenters. The van der Waals surface area contributed by atoms with Gasteiger partial charge < -0.3 is 5.32 Å². The Balaban J connectivity index is 2.05. The van der Waals surface area contributed by atoms with Crippen molar-refractivity contribution >= 4 is 28.9 Å². The Hall–Kier alpha value is -2.27. The number of hydrogen-bond acceptors (Lipinski definition) is 2. The van der Waals surface area contributed by atoms with E-state index < -0.39 is 11.7 Å². The number of hydrogen-bond donors (Lipinski definition) is 2. The number of halogens is 1. The van der Waals surface area contributed by atoms with Gasteiger partial charge in [-0.2, -0.15) is 0 Å². The van der Waals surface area contributed by atoms with Crippen molar-refractivity contribution in [1.29, 1.82) is 0 Å². The summed E-state index contributed by atoms with van der Waals surface area (Å²) in [5, 5.41) is 5.68. The lowest BCUT2D eigenvalue weighted by atomic mass is 10.1. The van der Waals surface area contributed by atoms with Crippen molar-refractivity contribution in [2.24, 2.45) is 0 Å². The number of rotatable bonds is 2. The first kappa shape index (κ1) is 15.1. The van der Waals surface area contributed by atoms with Crippen molar-refractivity contribution in [3.8, 4) is 0 Å². The first-order chi connectivity index (χ1) is 9.97. The maximum absolute atomic E-state index is 13.1. The predicted octanol–water partition coefficient (Wildman–Crippen LogP) is 3.57. The van der Waals surface area contributed by atoms with Crippen LogP contribution in [0.5, 0.6) is 0 Å². The molecule has 0 bridgehead atoms. The highest BCUT2D eigenvalue weighted by Gasteiger charge is 2.09. The second-order valence-electron chi connectivity index (χ2n) is 4.67. The average molecular weight is 302 g/mol. The Labute approximate surface area is 128 Å². The molecule has 0 aliphatic carbocycles. The van der Waals surface area contributed by atoms with E-state index in [1.54, 1.807) is 0 Å². The van der Waals surface area contributed by atoms with E-state index in [1.165, 1.54) is 18.2 Å². The van der Waals surface area contributed by atoms with Gasteiger partial charge in [-0.3, -0.25) is 10.1 Å². The second kappa shape index (κ2) is 6.45. The number of carbonyl (C=O) groups is 1. The molecule has 0 saturated heterocycles. The third kappa shape index (κ3) is 3.86. The maximum Gasteiger partial charge on any atom is 0.257 e. The first-order valence-electron chi connectivity index (χ1n) is 6.41. The first-order valence-corrected chi connectivity index (χ1v) is 6.82. The largest absolute Gasteiger partial charge is 0.332 e. The molecular weight excluding hydrogens is 287 g/mol. The van der Waals surface area contributed by atoms with Crippen LogP contribution in [0.1, 0.15) is 21.5 Å². The van der Waals surface area contributed by atoms with Gasteiger partial charge in [-0.25, -0.2) is 4.39 Å². The Bertz CT molecular complexity index is 700. The minimum absolute atomic E-state index is 0.179. The van der Waals surface area contributed by atoms with Crippen molar-refractivity contribution < 1.29 is 9.18 Å². The molecule has 2 aromatic rings. The number of aryl methyl sites for hydroxylation is 1. The van der Waals surface area contributed by atoms with Crippen molar-refractivity contribution in [2.75, 3.05) is 5.32 Å². The minimum Gasteiger partial charge on any atom is -0.332 e. The molecular formula is C16H15FN2OS. The zero-order chi connectivity index (χ0) is 15.4. The third-order valence-corrected chi connectivity index (χ3v) is 3.37. The molecule has 0 fully saturated rings. The topological polar surface area (TPSA) is 41.1 Å². The molecule has 2 rings (SSSR count). The van der Waals surface area contributed by atoms with Crippen LogP contribution in [0.3, 0.4) is 0 Å². The van der Waals surface area contributed by atoms with Gasteiger partial charge in [0.05, 0.1) is 0 Å². The van der Waals surface area contributed by atoms with Crippen molar-refractivity contribution in [2.45, 2.75) is 13.8 Å². The standard InChI is InChI=1S/C16H15FN2OS/c1-10-5-3-8-14(11(10)2)18-16(21)19-15(20)12-6-4-7-13(17)9-12/h3-9H,1-2H3,(H2,18,19,20,21). The predicted molar refractivity (Wildman–Crippen MR) is 86.0 cm³/mol. The van der Waals surface area contributed by atoms with E-state index in [1.807, 2.05) is 32.0 Å². The fourth-order valence-electron chi connectivity index (χ4n) is 1.85. The van der Waals surface area contributed by atoms with Crippen molar-refractivity contribution in [3.05, 3.63) is 65.0 Å². The Morgan fingerprint density at radius 2 is 1.86 bits per heavy atom. The highest BCUT2D eigenvalue weighted by atomic mass is 32.1. The van der Waals surface area contributed by atoms with E-state index in [4.69, 9.17) is 12.2 Å². The molecule has 0 spiro atoms.